The lowest BCUT2D eigenvalue weighted by Gasteiger charge is -2.31. The summed E-state index contributed by atoms with van der Waals surface area (Å²) >= 11 is 0. The molecule has 2 bridgehead atoms. The van der Waals surface area contributed by atoms with Crippen molar-refractivity contribution in [1.29, 1.82) is 0 Å². The first-order chi connectivity index (χ1) is 21.1. The molecule has 10 heteroatoms. The number of likely N-dealkylation sites (N-methyl/N-ethyl adjacent to an activating group) is 1. The van der Waals surface area contributed by atoms with Gasteiger partial charge in [0.15, 0.2) is 0 Å². The summed E-state index contributed by atoms with van der Waals surface area (Å²) in [6, 6.07) is 14.1. The monoisotopic (exact) mass is 627 g/mol. The van der Waals surface area contributed by atoms with Crippen LogP contribution >= 0.6 is 0 Å². The molecule has 3 N–H and O–H groups in total. The van der Waals surface area contributed by atoms with E-state index in [9.17, 15) is 18.3 Å². The summed E-state index contributed by atoms with van der Waals surface area (Å²) in [5.74, 6) is 0.338. The Balaban J connectivity index is 1.63. The Hall–Kier alpha value is -2.76. The fraction of sp³-hybridized carbons (Fsp3) is 0.559. The number of nitrogens with one attached hydrogen (secondary N) is 2. The number of hydrogen-bond donors (Lipinski definition) is 3. The number of carbonyl (C=O) groups is 1. The third-order valence-corrected chi connectivity index (χ3v) is 10.3. The van der Waals surface area contributed by atoms with Crippen LogP contribution in [0, 0.1) is 0 Å². The summed E-state index contributed by atoms with van der Waals surface area (Å²) in [4.78, 5) is 13.8. The van der Waals surface area contributed by atoms with Crippen molar-refractivity contribution in [2.45, 2.75) is 95.7 Å². The maximum atomic E-state index is 13.8. The number of ether oxygens (including phenoxy) is 2. The van der Waals surface area contributed by atoms with E-state index in [1.165, 1.54) is 11.4 Å². The molecule has 1 aliphatic carbocycles. The van der Waals surface area contributed by atoms with Gasteiger partial charge < -0.3 is 25.2 Å². The average molecular weight is 628 g/mol. The van der Waals surface area contributed by atoms with Crippen LogP contribution in [0.25, 0.3) is 0 Å². The second-order valence-electron chi connectivity index (χ2n) is 12.1. The largest absolute Gasteiger partial charge is 0.491 e. The van der Waals surface area contributed by atoms with Crippen LogP contribution in [0.3, 0.4) is 0 Å². The van der Waals surface area contributed by atoms with E-state index in [-0.39, 0.29) is 37.0 Å². The molecule has 2 aromatic carbocycles. The molecule has 9 nitrogen and oxygen atoms in total. The van der Waals surface area contributed by atoms with Gasteiger partial charge in [-0.1, -0.05) is 68.3 Å². The van der Waals surface area contributed by atoms with Crippen molar-refractivity contribution in [2.24, 2.45) is 0 Å². The summed E-state index contributed by atoms with van der Waals surface area (Å²) in [6.45, 7) is 6.55. The number of β-amino-alcohol motifs (C(OH)–C–C–N with tert-alkyl or cyclic N) is 1. The molecule has 1 heterocycles. The zero-order valence-corrected chi connectivity index (χ0v) is 27.3. The zero-order valence-electron chi connectivity index (χ0n) is 26.4. The van der Waals surface area contributed by atoms with E-state index in [4.69, 9.17) is 9.47 Å². The molecule has 5 atom stereocenters. The number of rotatable bonds is 10. The summed E-state index contributed by atoms with van der Waals surface area (Å²) in [5, 5.41) is 18.1. The fourth-order valence-electron chi connectivity index (χ4n) is 5.91. The van der Waals surface area contributed by atoms with Crippen LogP contribution in [-0.2, 0) is 26.0 Å². The Morgan fingerprint density at radius 2 is 1.86 bits per heavy atom. The topological polar surface area (TPSA) is 117 Å². The Kier molecular flexibility index (Phi) is 12.4. The number of carbonyl (C=O) groups excluding carboxylic acids is 1. The standard InChI is InChI=1S/C34H49N3O6S/c1-5-6-12-19-44(40,41)37(4)31-15-10-11-18-42-33-22-29(28-21-26(43-24(2)3)16-17-27(28)33)35-23-32(38)30(36-34(31)39)20-25-13-8-7-9-14-25/h7-11,13-14,16-17,21,24,29-33,35,38H,5-6,12,15,18-20,22-23H2,1-4H3,(H,36,39)/b11-10-/t29-,30-,31-,32+,33+/m0/s1. The summed E-state index contributed by atoms with van der Waals surface area (Å²) in [7, 11) is -2.20. The molecular formula is C34H49N3O6S. The highest BCUT2D eigenvalue weighted by Gasteiger charge is 2.35. The average Bonchev–Trinajstić information content (AvgIpc) is 3.33. The van der Waals surface area contributed by atoms with Crippen molar-refractivity contribution in [3.63, 3.8) is 0 Å². The second kappa shape index (κ2) is 16.0. The molecule has 0 fully saturated rings. The number of aliphatic hydroxyl groups excluding tert-OH is 1. The molecule has 1 amide bonds. The maximum Gasteiger partial charge on any atom is 0.239 e. The highest BCUT2D eigenvalue weighted by atomic mass is 32.2. The summed E-state index contributed by atoms with van der Waals surface area (Å²) in [5.41, 5.74) is 3.12. The van der Waals surface area contributed by atoms with Crippen molar-refractivity contribution >= 4 is 15.9 Å². The number of benzene rings is 2. The third kappa shape index (κ3) is 9.14. The predicted octanol–water partition coefficient (Wildman–Crippen LogP) is 4.43. The van der Waals surface area contributed by atoms with Gasteiger partial charge in [0.25, 0.3) is 0 Å². The van der Waals surface area contributed by atoms with Crippen LogP contribution in [0.1, 0.15) is 81.7 Å². The summed E-state index contributed by atoms with van der Waals surface area (Å²) in [6.07, 6.45) is 6.13. The van der Waals surface area contributed by atoms with Crippen LogP contribution in [-0.4, -0.2) is 74.0 Å². The number of aliphatic hydroxyl groups is 1. The number of sulfonamides is 1. The highest BCUT2D eigenvalue weighted by Crippen LogP contribution is 2.42. The summed E-state index contributed by atoms with van der Waals surface area (Å²) < 4.78 is 39.9. The molecule has 0 spiro atoms. The lowest BCUT2D eigenvalue weighted by molar-refractivity contribution is -0.126. The molecule has 4 rings (SSSR count). The Bertz CT molecular complexity index is 1350. The van der Waals surface area contributed by atoms with Crippen LogP contribution in [0.5, 0.6) is 5.75 Å². The normalized spacial score (nSPS) is 25.6. The molecule has 242 valence electrons. The van der Waals surface area contributed by atoms with E-state index in [2.05, 4.69) is 16.7 Å². The van der Waals surface area contributed by atoms with Crippen LogP contribution in [0.4, 0.5) is 0 Å². The Morgan fingerprint density at radius 1 is 1.09 bits per heavy atom. The van der Waals surface area contributed by atoms with Gasteiger partial charge in [0, 0.05) is 19.6 Å². The van der Waals surface area contributed by atoms with Gasteiger partial charge in [-0.25, -0.2) is 8.42 Å². The SMILES string of the molecule is CCCCCS(=O)(=O)N(C)[C@H]1C/C=C\CO[C@@H]2C[C@H](NC[C@@H](O)[C@H](Cc3ccccc3)NC1=O)c1cc(OC(C)C)ccc12. The quantitative estimate of drug-likeness (QED) is 0.264. The van der Waals surface area contributed by atoms with E-state index in [1.54, 1.807) is 0 Å². The van der Waals surface area contributed by atoms with Gasteiger partial charge in [0.1, 0.15) is 11.8 Å². The molecule has 0 unspecified atom stereocenters. The molecular weight excluding hydrogens is 578 g/mol. The molecule has 2 aliphatic rings. The molecule has 0 radical (unpaired) electrons. The first kappa shape index (κ1) is 34.1. The van der Waals surface area contributed by atoms with E-state index >= 15 is 0 Å². The van der Waals surface area contributed by atoms with Gasteiger partial charge in [0.2, 0.25) is 15.9 Å². The number of fused-ring (bicyclic) bond motifs is 5. The lowest BCUT2D eigenvalue weighted by Crippen LogP contribution is -2.55. The molecule has 1 aliphatic heterocycles. The third-order valence-electron chi connectivity index (χ3n) is 8.37. The minimum absolute atomic E-state index is 0.0136. The first-order valence-corrected chi connectivity index (χ1v) is 17.5. The van der Waals surface area contributed by atoms with Crippen LogP contribution in [0.2, 0.25) is 0 Å². The van der Waals surface area contributed by atoms with Gasteiger partial charge >= 0.3 is 0 Å². The minimum Gasteiger partial charge on any atom is -0.491 e. The molecule has 0 saturated heterocycles. The van der Waals surface area contributed by atoms with E-state index in [1.807, 2.05) is 75.4 Å². The Labute approximate surface area is 263 Å². The van der Waals surface area contributed by atoms with Crippen molar-refractivity contribution in [3.8, 4) is 5.75 Å². The van der Waals surface area contributed by atoms with E-state index in [0.717, 1.165) is 35.3 Å². The zero-order chi connectivity index (χ0) is 31.7. The van der Waals surface area contributed by atoms with Gasteiger partial charge in [-0.05, 0) is 68.4 Å². The minimum atomic E-state index is -3.67. The molecule has 0 aromatic heterocycles. The number of unbranched alkanes of at least 4 members (excludes halogenated alkanes) is 2. The van der Waals surface area contributed by atoms with Gasteiger partial charge in [-0.2, -0.15) is 4.31 Å². The predicted molar refractivity (Wildman–Crippen MR) is 173 cm³/mol. The van der Waals surface area contributed by atoms with E-state index in [0.29, 0.717) is 25.9 Å². The van der Waals surface area contributed by atoms with Crippen LogP contribution < -0.4 is 15.4 Å². The van der Waals surface area contributed by atoms with Crippen LogP contribution in [0.15, 0.2) is 60.7 Å². The van der Waals surface area contributed by atoms with Gasteiger partial charge in [-0.3, -0.25) is 4.79 Å². The smallest absolute Gasteiger partial charge is 0.239 e. The fourth-order valence-corrected chi connectivity index (χ4v) is 7.33. The Morgan fingerprint density at radius 3 is 2.59 bits per heavy atom. The van der Waals surface area contributed by atoms with Gasteiger partial charge in [0.05, 0.1) is 36.7 Å². The van der Waals surface area contributed by atoms with Crippen molar-refractivity contribution in [1.82, 2.24) is 14.9 Å². The lowest BCUT2D eigenvalue weighted by atomic mass is 9.99. The highest BCUT2D eigenvalue weighted by molar-refractivity contribution is 7.89. The first-order valence-electron chi connectivity index (χ1n) is 15.9. The van der Waals surface area contributed by atoms with Crippen molar-refractivity contribution < 1.29 is 27.8 Å². The second-order valence-corrected chi connectivity index (χ2v) is 14.3. The molecule has 2 aromatic rings. The van der Waals surface area contributed by atoms with Crippen molar-refractivity contribution in [2.75, 3.05) is 26.0 Å². The number of hydrogen-bond acceptors (Lipinski definition) is 7. The molecule has 44 heavy (non-hydrogen) atoms. The number of amides is 1. The van der Waals surface area contributed by atoms with E-state index < -0.39 is 34.1 Å². The number of nitrogens with zero attached hydrogens (tertiary/aromatic N) is 1. The van der Waals surface area contributed by atoms with Crippen molar-refractivity contribution in [3.05, 3.63) is 77.4 Å². The van der Waals surface area contributed by atoms with Gasteiger partial charge in [-0.15, -0.1) is 0 Å². The maximum absolute atomic E-state index is 13.8. The molecule has 0 saturated carbocycles.